The number of hydrogen-bond acceptors (Lipinski definition) is 16. The highest BCUT2D eigenvalue weighted by molar-refractivity contribution is 5.94. The third kappa shape index (κ3) is 28.7. The van der Waals surface area contributed by atoms with Gasteiger partial charge in [0.1, 0.15) is 23.0 Å². The first-order chi connectivity index (χ1) is 51.3. The molecule has 21 nitrogen and oxygen atoms in total. The summed E-state index contributed by atoms with van der Waals surface area (Å²) in [6, 6.07) is 19.9. The molecule has 0 bridgehead atoms. The smallest absolute Gasteiger partial charge is 0.247 e. The van der Waals surface area contributed by atoms with E-state index < -0.39 is 6.10 Å². The predicted molar refractivity (Wildman–Crippen MR) is 421 cm³/mol. The Balaban J connectivity index is 0.000000210. The van der Waals surface area contributed by atoms with Gasteiger partial charge in [-0.25, -0.2) is 0 Å². The molecule has 6 fully saturated rings. The molecule has 6 aliphatic rings. The molecular formula is C86H123N5O16. The molecule has 10 rings (SSSR count). The van der Waals surface area contributed by atoms with Crippen molar-refractivity contribution >= 4 is 53.8 Å². The summed E-state index contributed by atoms with van der Waals surface area (Å²) < 4.78 is 5.80. The van der Waals surface area contributed by atoms with E-state index in [2.05, 4.69) is 6.92 Å². The largest absolute Gasteiger partial charge is 0.507 e. The molecule has 0 radical (unpaired) electrons. The fraction of sp³-hybridized carbons (Fsp3) is 0.547. The summed E-state index contributed by atoms with van der Waals surface area (Å²) >= 11 is 0. The van der Waals surface area contributed by atoms with E-state index in [1.165, 1.54) is 24.3 Å². The first kappa shape index (κ1) is 87.8. The lowest BCUT2D eigenvalue weighted by Gasteiger charge is -2.41. The number of likely N-dealkylation sites (tertiary alicyclic amines) is 5. The van der Waals surface area contributed by atoms with Gasteiger partial charge in [-0.05, 0) is 251 Å². The number of aromatic hydroxyl groups is 4. The molecular weight excluding hydrogens is 1360 g/mol. The second kappa shape index (κ2) is 45.6. The van der Waals surface area contributed by atoms with E-state index in [1.807, 2.05) is 88.6 Å². The lowest BCUT2D eigenvalue weighted by atomic mass is 9.84. The number of benzene rings is 4. The van der Waals surface area contributed by atoms with Crippen molar-refractivity contribution < 1.29 is 79.8 Å². The van der Waals surface area contributed by atoms with Crippen molar-refractivity contribution in [2.45, 2.75) is 188 Å². The molecule has 4 aromatic carbocycles. The molecule has 1 saturated carbocycles. The molecule has 0 spiro atoms. The number of phenols is 4. The highest BCUT2D eigenvalue weighted by atomic mass is 16.5. The van der Waals surface area contributed by atoms with Crippen LogP contribution in [0.1, 0.15) is 174 Å². The van der Waals surface area contributed by atoms with E-state index in [0.29, 0.717) is 79.2 Å². The second-order valence-electron chi connectivity index (χ2n) is 29.9. The minimum Gasteiger partial charge on any atom is -0.507 e. The lowest BCUT2D eigenvalue weighted by Crippen LogP contribution is -2.49. The molecule has 588 valence electrons. The van der Waals surface area contributed by atoms with Gasteiger partial charge in [-0.2, -0.15) is 0 Å². The Morgan fingerprint density at radius 1 is 0.439 bits per heavy atom. The molecule has 5 aliphatic heterocycles. The second-order valence-corrected chi connectivity index (χ2v) is 29.9. The number of rotatable bonds is 19. The van der Waals surface area contributed by atoms with Crippen LogP contribution in [-0.2, 0) is 28.7 Å². The Morgan fingerprint density at radius 2 is 0.841 bits per heavy atom. The number of piperidine rings is 5. The molecule has 5 heterocycles. The van der Waals surface area contributed by atoms with Crippen LogP contribution in [0, 0.1) is 64.2 Å². The van der Waals surface area contributed by atoms with Crippen molar-refractivity contribution in [3.63, 3.8) is 0 Å². The highest BCUT2D eigenvalue weighted by Gasteiger charge is 2.34. The Labute approximate surface area is 634 Å². The van der Waals surface area contributed by atoms with Crippen LogP contribution in [0.15, 0.2) is 103 Å². The number of nitrogens with zero attached hydrogens (tertiary/aromatic N) is 5. The van der Waals surface area contributed by atoms with Gasteiger partial charge in [0.25, 0.3) is 0 Å². The zero-order chi connectivity index (χ0) is 78.1. The molecule has 6 atom stereocenters. The van der Waals surface area contributed by atoms with Gasteiger partial charge in [-0.1, -0.05) is 55.8 Å². The fourth-order valence-corrected chi connectivity index (χ4v) is 14.4. The summed E-state index contributed by atoms with van der Waals surface area (Å²) in [5, 5.41) is 95.6. The molecule has 1 aliphatic carbocycles. The summed E-state index contributed by atoms with van der Waals surface area (Å²) in [5.41, 5.74) is 7.64. The molecule has 10 N–H and O–H groups in total. The van der Waals surface area contributed by atoms with Crippen LogP contribution in [0.25, 0.3) is 24.3 Å². The number of carbonyl (C=O) groups is 5. The minimum atomic E-state index is -0.422. The Morgan fingerprint density at radius 3 is 1.25 bits per heavy atom. The topological polar surface area (TPSA) is 313 Å². The van der Waals surface area contributed by atoms with Crippen LogP contribution in [0.3, 0.4) is 0 Å². The number of carbonyl (C=O) groups excluding carboxylic acids is 5. The van der Waals surface area contributed by atoms with Gasteiger partial charge in [0.05, 0.1) is 24.9 Å². The SMILES string of the molecule is CCCCOC1CCC(/C=C/C(=O)N2CCC(CO)CC2)C(O)C1.Cc1cc(O)c(/C=C/C(=O)N2CCC(CO)CC2)cc1C.Cc1ccc(/C=C/C(=O)N2C(C)CC(CO)CC2C)c(O)c1.Cc1ccc(/C=C/C(=O)N2CCC(CO)CC2)c(O)c1.Cc1ccc(/C=C/C(=O)N2CCCCC2CO)c(O)c1. The van der Waals surface area contributed by atoms with Crippen LogP contribution in [-0.4, -0.2) is 221 Å². The fourth-order valence-electron chi connectivity index (χ4n) is 14.4. The summed E-state index contributed by atoms with van der Waals surface area (Å²) in [7, 11) is 0. The predicted octanol–water partition coefficient (Wildman–Crippen LogP) is 11.1. The van der Waals surface area contributed by atoms with Crippen molar-refractivity contribution in [2.75, 3.05) is 85.5 Å². The van der Waals surface area contributed by atoms with E-state index in [0.717, 1.165) is 144 Å². The Hall–Kier alpha value is -8.15. The Bertz CT molecular complexity index is 3590. The Kier molecular flexibility index (Phi) is 37.4. The van der Waals surface area contributed by atoms with E-state index >= 15 is 0 Å². The number of aliphatic hydroxyl groups is 6. The van der Waals surface area contributed by atoms with Crippen LogP contribution in [0.4, 0.5) is 0 Å². The molecule has 4 aromatic rings. The number of unbranched alkanes of at least 4 members (excludes halogenated alkanes) is 1. The molecule has 21 heteroatoms. The third-order valence-electron chi connectivity index (χ3n) is 21.5. The van der Waals surface area contributed by atoms with Gasteiger partial charge in [0.15, 0.2) is 0 Å². The van der Waals surface area contributed by atoms with Crippen LogP contribution < -0.4 is 0 Å². The van der Waals surface area contributed by atoms with Gasteiger partial charge < -0.3 is 80.3 Å². The molecule has 0 aromatic heterocycles. The molecule has 5 amide bonds. The number of phenolic OH excluding ortho intramolecular Hbond substituents is 4. The van der Waals surface area contributed by atoms with Gasteiger partial charge in [-0.15, -0.1) is 0 Å². The first-order valence-electron chi connectivity index (χ1n) is 38.7. The quantitative estimate of drug-likeness (QED) is 0.0308. The summed E-state index contributed by atoms with van der Waals surface area (Å²) in [6.45, 7) is 22.3. The van der Waals surface area contributed by atoms with Crippen molar-refractivity contribution in [1.29, 1.82) is 0 Å². The molecule has 6 unspecified atom stereocenters. The van der Waals surface area contributed by atoms with Crippen molar-refractivity contribution in [1.82, 2.24) is 24.5 Å². The average Bonchev–Trinajstić information content (AvgIpc) is 0.822. The normalized spacial score (nSPS) is 21.9. The lowest BCUT2D eigenvalue weighted by molar-refractivity contribution is -0.133. The summed E-state index contributed by atoms with van der Waals surface area (Å²) in [5.74, 6) is 1.85. The molecule has 5 saturated heterocycles. The van der Waals surface area contributed by atoms with Crippen molar-refractivity contribution in [2.24, 2.45) is 29.6 Å². The minimum absolute atomic E-state index is 0.00929. The maximum atomic E-state index is 12.5. The summed E-state index contributed by atoms with van der Waals surface area (Å²) in [4.78, 5) is 70.0. The third-order valence-corrected chi connectivity index (χ3v) is 21.5. The van der Waals surface area contributed by atoms with Crippen molar-refractivity contribution in [3.8, 4) is 23.0 Å². The number of ether oxygens (including phenoxy) is 1. The van der Waals surface area contributed by atoms with Gasteiger partial charge in [0.2, 0.25) is 29.5 Å². The zero-order valence-electron chi connectivity index (χ0n) is 64.6. The van der Waals surface area contributed by atoms with E-state index in [1.54, 1.807) is 87.5 Å². The van der Waals surface area contributed by atoms with E-state index in [-0.39, 0.29) is 122 Å². The zero-order valence-corrected chi connectivity index (χ0v) is 64.6. The van der Waals surface area contributed by atoms with E-state index in [9.17, 15) is 59.7 Å². The van der Waals surface area contributed by atoms with Crippen LogP contribution >= 0.6 is 0 Å². The van der Waals surface area contributed by atoms with E-state index in [4.69, 9.17) is 20.1 Å². The van der Waals surface area contributed by atoms with Crippen molar-refractivity contribution in [3.05, 3.63) is 153 Å². The number of hydrogen-bond donors (Lipinski definition) is 10. The summed E-state index contributed by atoms with van der Waals surface area (Å²) in [6.07, 6.45) is 30.2. The average molecular weight is 1480 g/mol. The standard InChI is InChI=1S/C19H33NO4.C18H25NO3.C17H23NO3.2C16H21NO3/c1-2-3-12-24-17-6-4-16(18(22)13-17)5-7-19(23)20-10-8-15(14-21)9-11-20;1-12-4-5-16(17(21)8-12)6-7-18(22)19-13(2)9-15(11-20)10-14(19)3;1-12-9-15(16(20)10-13(12)2)3-4-17(21)18-7-5-14(11-19)6-8-18;1-12-2-3-14(15(19)10-12)4-5-16(20)17-8-6-13(11-18)7-9-17;1-12-5-6-13(15(19)10-12)7-8-16(20)17-9-3-2-4-14(17)11-18/h5,7,15-18,21-22H,2-4,6,8-14H2,1H3;4-8,13-15,20-21H,9-11H2,1-3H3;3-4,9-10,14,19-20H,5-8,11H2,1-2H3;2-5,10,13,18-19H,6-9,11H2,1H3;5-8,10,14,18-19H,2-4,9,11H2,1H3/b7-5+;7-6+;4-3+;5-4+;8-7+. The van der Waals surface area contributed by atoms with Gasteiger partial charge in [0, 0.05) is 150 Å². The number of aryl methyl sites for hydroxylation is 5. The number of aliphatic hydroxyl groups excluding tert-OH is 6. The maximum absolute atomic E-state index is 12.5. The van der Waals surface area contributed by atoms with Gasteiger partial charge >= 0.3 is 0 Å². The van der Waals surface area contributed by atoms with Crippen LogP contribution in [0.2, 0.25) is 0 Å². The number of amides is 5. The maximum Gasteiger partial charge on any atom is 0.247 e. The highest BCUT2D eigenvalue weighted by Crippen LogP contribution is 2.32. The molecule has 107 heavy (non-hydrogen) atoms. The first-order valence-corrected chi connectivity index (χ1v) is 38.7. The monoisotopic (exact) mass is 1480 g/mol. The van der Waals surface area contributed by atoms with Gasteiger partial charge in [-0.3, -0.25) is 24.0 Å². The van der Waals surface area contributed by atoms with Crippen LogP contribution in [0.5, 0.6) is 23.0 Å².